The molecule has 2 aromatic rings. The van der Waals surface area contributed by atoms with E-state index in [2.05, 4.69) is 45.4 Å². The van der Waals surface area contributed by atoms with E-state index in [1.807, 2.05) is 16.0 Å². The maximum absolute atomic E-state index is 12.7. The predicted octanol–water partition coefficient (Wildman–Crippen LogP) is 4.22. The van der Waals surface area contributed by atoms with E-state index >= 15 is 0 Å². The number of ether oxygens (including phenoxy) is 1. The van der Waals surface area contributed by atoms with E-state index in [0.29, 0.717) is 18.8 Å². The molecule has 1 fully saturated rings. The molecule has 7 nitrogen and oxygen atoms in total. The molecule has 0 radical (unpaired) electrons. The number of aliphatic hydroxyl groups excluding tert-OH is 1. The van der Waals surface area contributed by atoms with Crippen LogP contribution in [0.1, 0.15) is 39.1 Å². The van der Waals surface area contributed by atoms with Crippen LogP contribution in [-0.4, -0.2) is 59.1 Å². The number of likely N-dealkylation sites (tertiary alicyclic amines) is 1. The number of aromatic nitrogens is 2. The van der Waals surface area contributed by atoms with Gasteiger partial charge in [-0.15, -0.1) is 11.3 Å². The Morgan fingerprint density at radius 3 is 2.90 bits per heavy atom. The zero-order chi connectivity index (χ0) is 21.4. The van der Waals surface area contributed by atoms with Crippen LogP contribution in [0.4, 0.5) is 4.79 Å². The largest absolute Gasteiger partial charge is 0.445 e. The van der Waals surface area contributed by atoms with E-state index in [4.69, 9.17) is 9.16 Å². The van der Waals surface area contributed by atoms with E-state index in [0.717, 1.165) is 4.83 Å². The number of nitrogens with zero attached hydrogens (tertiary/aromatic N) is 3. The second-order valence-corrected chi connectivity index (χ2v) is 14.7. The van der Waals surface area contributed by atoms with Crippen molar-refractivity contribution in [3.8, 4) is 0 Å². The quantitative estimate of drug-likeness (QED) is 0.541. The molecular weight excluding hydrogens is 406 g/mol. The zero-order valence-corrected chi connectivity index (χ0v) is 19.6. The molecule has 3 atom stereocenters. The summed E-state index contributed by atoms with van der Waals surface area (Å²) in [6.45, 7) is 15.1. The highest BCUT2D eigenvalue weighted by molar-refractivity contribution is 7.15. The molecule has 0 aromatic carbocycles. The summed E-state index contributed by atoms with van der Waals surface area (Å²) in [5, 5.41) is 13.2. The predicted molar refractivity (Wildman–Crippen MR) is 117 cm³/mol. The zero-order valence-electron chi connectivity index (χ0n) is 17.8. The van der Waals surface area contributed by atoms with Crippen molar-refractivity contribution < 1.29 is 19.1 Å². The second-order valence-electron chi connectivity index (χ2n) is 8.99. The second kappa shape index (κ2) is 8.21. The monoisotopic (exact) mass is 437 g/mol. The van der Waals surface area contributed by atoms with Gasteiger partial charge in [-0.1, -0.05) is 33.4 Å². The summed E-state index contributed by atoms with van der Waals surface area (Å²) in [5.41, 5.74) is 0. The summed E-state index contributed by atoms with van der Waals surface area (Å²) in [6, 6.07) is -0.465. The normalized spacial score (nSPS) is 21.5. The third kappa shape index (κ3) is 4.42. The van der Waals surface area contributed by atoms with Crippen LogP contribution < -0.4 is 0 Å². The number of hydrogen-bond donors (Lipinski definition) is 1. The van der Waals surface area contributed by atoms with Crippen molar-refractivity contribution in [2.24, 2.45) is 0 Å². The van der Waals surface area contributed by atoms with Gasteiger partial charge in [-0.2, -0.15) is 0 Å². The lowest BCUT2D eigenvalue weighted by Gasteiger charge is -2.38. The fourth-order valence-corrected chi connectivity index (χ4v) is 5.44. The summed E-state index contributed by atoms with van der Waals surface area (Å²) in [7, 11) is -2.02. The van der Waals surface area contributed by atoms with Crippen LogP contribution in [0, 0.1) is 0 Å². The van der Waals surface area contributed by atoms with Gasteiger partial charge in [-0.3, -0.25) is 9.30 Å². The van der Waals surface area contributed by atoms with Crippen LogP contribution in [0.5, 0.6) is 0 Å². The molecule has 3 heterocycles. The van der Waals surface area contributed by atoms with Crippen molar-refractivity contribution in [1.29, 1.82) is 0 Å². The highest BCUT2D eigenvalue weighted by Crippen LogP contribution is 2.40. The first-order chi connectivity index (χ1) is 13.5. The van der Waals surface area contributed by atoms with Crippen LogP contribution >= 0.6 is 11.3 Å². The maximum Gasteiger partial charge on any atom is 0.410 e. The van der Waals surface area contributed by atoms with Gasteiger partial charge in [0.25, 0.3) is 0 Å². The Bertz CT molecular complexity index is 873. The third-order valence-electron chi connectivity index (χ3n) is 5.95. The van der Waals surface area contributed by atoms with Gasteiger partial charge in [0.05, 0.1) is 18.3 Å². The minimum atomic E-state index is -2.02. The molecule has 1 aliphatic rings. The van der Waals surface area contributed by atoms with Crippen molar-refractivity contribution in [1.82, 2.24) is 14.3 Å². The molecule has 1 amide bonds. The Hall–Kier alpha value is -1.68. The molecule has 29 heavy (non-hydrogen) atoms. The number of amides is 1. The van der Waals surface area contributed by atoms with Crippen molar-refractivity contribution in [2.75, 3.05) is 13.2 Å². The number of carbonyl (C=O) groups excluding carboxylic acids is 1. The van der Waals surface area contributed by atoms with E-state index < -0.39 is 26.6 Å². The number of imidazole rings is 1. The molecule has 3 unspecified atom stereocenters. The van der Waals surface area contributed by atoms with Crippen molar-refractivity contribution in [2.45, 2.75) is 63.6 Å². The molecule has 1 saturated heterocycles. The lowest BCUT2D eigenvalue weighted by Crippen LogP contribution is -2.45. The molecule has 2 aromatic heterocycles. The van der Waals surface area contributed by atoms with Crippen LogP contribution in [-0.2, 0) is 9.16 Å². The first-order valence-electron chi connectivity index (χ1n) is 9.86. The van der Waals surface area contributed by atoms with Crippen LogP contribution in [0.3, 0.4) is 0 Å². The molecule has 0 aliphatic carbocycles. The summed E-state index contributed by atoms with van der Waals surface area (Å²) in [6.07, 6.45) is 4.14. The van der Waals surface area contributed by atoms with E-state index in [1.165, 1.54) is 6.08 Å². The molecule has 160 valence electrons. The SMILES string of the molecule is C=CCOC(=O)N1CC(O[Si](C)(C)C(C)(C)C)CC1C(O)c1ncc2sccn12. The van der Waals surface area contributed by atoms with Crippen LogP contribution in [0.25, 0.3) is 4.83 Å². The van der Waals surface area contributed by atoms with Gasteiger partial charge < -0.3 is 14.3 Å². The van der Waals surface area contributed by atoms with Gasteiger partial charge in [-0.25, -0.2) is 9.78 Å². The summed E-state index contributed by atoms with van der Waals surface area (Å²) < 4.78 is 13.7. The highest BCUT2D eigenvalue weighted by atomic mass is 32.1. The Morgan fingerprint density at radius 2 is 2.24 bits per heavy atom. The van der Waals surface area contributed by atoms with Gasteiger partial charge in [-0.05, 0) is 24.6 Å². The minimum absolute atomic E-state index is 0.0593. The lowest BCUT2D eigenvalue weighted by molar-refractivity contribution is 0.0508. The number of thiazole rings is 1. The highest BCUT2D eigenvalue weighted by Gasteiger charge is 2.46. The Labute approximate surface area is 177 Å². The third-order valence-corrected chi connectivity index (χ3v) is 11.3. The molecule has 3 rings (SSSR count). The standard InChI is InChI=1S/C20H31N3O4SSi/c1-7-9-26-19(25)23-13-14(27-29(5,6)20(2,3)4)11-15(23)17(24)18-21-12-16-22(18)8-10-28-16/h7-8,10,12,14-15,17,24H,1,9,11,13H2,2-6H3. The average Bonchev–Trinajstić information content (AvgIpc) is 3.32. The Balaban J connectivity index is 1.84. The van der Waals surface area contributed by atoms with Gasteiger partial charge in [0.1, 0.15) is 23.4 Å². The Kier molecular flexibility index (Phi) is 6.23. The van der Waals surface area contributed by atoms with Gasteiger partial charge in [0, 0.05) is 18.1 Å². The topological polar surface area (TPSA) is 76.3 Å². The fraction of sp³-hybridized carbons (Fsp3) is 0.600. The number of rotatable bonds is 6. The van der Waals surface area contributed by atoms with Gasteiger partial charge >= 0.3 is 6.09 Å². The average molecular weight is 438 g/mol. The molecule has 0 spiro atoms. The van der Waals surface area contributed by atoms with Crippen molar-refractivity contribution in [3.63, 3.8) is 0 Å². The number of aliphatic hydroxyl groups is 1. The van der Waals surface area contributed by atoms with E-state index in [9.17, 15) is 9.90 Å². The fourth-order valence-electron chi connectivity index (χ4n) is 3.37. The van der Waals surface area contributed by atoms with Crippen molar-refractivity contribution >= 4 is 30.6 Å². The Morgan fingerprint density at radius 1 is 1.52 bits per heavy atom. The number of hydrogen-bond acceptors (Lipinski definition) is 6. The van der Waals surface area contributed by atoms with Gasteiger partial charge in [0.2, 0.25) is 0 Å². The first kappa shape index (κ1) is 22.0. The lowest BCUT2D eigenvalue weighted by atomic mass is 10.1. The van der Waals surface area contributed by atoms with Gasteiger partial charge in [0.15, 0.2) is 8.32 Å². The minimum Gasteiger partial charge on any atom is -0.445 e. The summed E-state index contributed by atoms with van der Waals surface area (Å²) >= 11 is 1.55. The smallest absolute Gasteiger partial charge is 0.410 e. The van der Waals surface area contributed by atoms with E-state index in [1.54, 1.807) is 22.4 Å². The summed E-state index contributed by atoms with van der Waals surface area (Å²) in [5.74, 6) is 0.528. The van der Waals surface area contributed by atoms with E-state index in [-0.39, 0.29) is 17.7 Å². The number of fused-ring (bicyclic) bond motifs is 1. The van der Waals surface area contributed by atoms with Crippen LogP contribution in [0.15, 0.2) is 30.4 Å². The maximum atomic E-state index is 12.7. The first-order valence-corrected chi connectivity index (χ1v) is 13.6. The summed E-state index contributed by atoms with van der Waals surface area (Å²) in [4.78, 5) is 19.6. The molecular formula is C20H31N3O4SSi. The molecule has 1 aliphatic heterocycles. The van der Waals surface area contributed by atoms with Crippen LogP contribution in [0.2, 0.25) is 18.1 Å². The number of carbonyl (C=O) groups is 1. The van der Waals surface area contributed by atoms with Crippen molar-refractivity contribution in [3.05, 3.63) is 36.3 Å². The molecule has 0 saturated carbocycles. The molecule has 0 bridgehead atoms. The molecule has 9 heteroatoms. The molecule has 1 N–H and O–H groups in total.